The summed E-state index contributed by atoms with van der Waals surface area (Å²) in [6.45, 7) is 3.04. The number of tetrazole rings is 1. The van der Waals surface area contributed by atoms with E-state index in [-0.39, 0.29) is 19.1 Å². The fraction of sp³-hybridized carbons (Fsp3) is 0.391. The molecule has 0 radical (unpaired) electrons. The van der Waals surface area contributed by atoms with Gasteiger partial charge >= 0.3 is 0 Å². The van der Waals surface area contributed by atoms with Gasteiger partial charge in [-0.3, -0.25) is 4.79 Å². The van der Waals surface area contributed by atoms with Gasteiger partial charge in [-0.25, -0.2) is 0 Å². The number of aromatic nitrogens is 4. The lowest BCUT2D eigenvalue weighted by Crippen LogP contribution is -2.31. The van der Waals surface area contributed by atoms with Crippen molar-refractivity contribution >= 4 is 11.6 Å². The zero-order chi connectivity index (χ0) is 21.5. The molecule has 1 aliphatic heterocycles. The third-order valence-electron chi connectivity index (χ3n) is 5.39. The number of hydrogen-bond acceptors (Lipinski definition) is 6. The van der Waals surface area contributed by atoms with E-state index in [0.29, 0.717) is 12.4 Å². The van der Waals surface area contributed by atoms with E-state index in [1.165, 1.54) is 29.7 Å². The van der Waals surface area contributed by atoms with E-state index < -0.39 is 0 Å². The van der Waals surface area contributed by atoms with E-state index in [9.17, 15) is 4.79 Å². The summed E-state index contributed by atoms with van der Waals surface area (Å²) in [5.41, 5.74) is 2.36. The summed E-state index contributed by atoms with van der Waals surface area (Å²) in [4.78, 5) is 18.0. The second-order valence-electron chi connectivity index (χ2n) is 7.80. The van der Waals surface area contributed by atoms with Gasteiger partial charge < -0.3 is 14.5 Å². The first kappa shape index (κ1) is 20.8. The number of para-hydroxylation sites is 1. The number of carbonyl (C=O) groups excluding carboxylic acids is 1. The van der Waals surface area contributed by atoms with Gasteiger partial charge in [-0.05, 0) is 54.3 Å². The van der Waals surface area contributed by atoms with Gasteiger partial charge in [-0.15, -0.1) is 10.2 Å². The molecule has 0 N–H and O–H groups in total. The zero-order valence-corrected chi connectivity index (χ0v) is 17.9. The second-order valence-corrected chi connectivity index (χ2v) is 7.80. The molecule has 0 unspecified atom stereocenters. The quantitative estimate of drug-likeness (QED) is 0.558. The van der Waals surface area contributed by atoms with Crippen LogP contribution >= 0.6 is 0 Å². The van der Waals surface area contributed by atoms with Crippen molar-refractivity contribution in [3.05, 3.63) is 66.0 Å². The number of ether oxygens (including phenoxy) is 1. The van der Waals surface area contributed by atoms with Gasteiger partial charge in [0.1, 0.15) is 12.3 Å². The monoisotopic (exact) mass is 420 g/mol. The lowest BCUT2D eigenvalue weighted by Gasteiger charge is -2.29. The number of anilines is 1. The van der Waals surface area contributed by atoms with Crippen LogP contribution in [-0.4, -0.2) is 51.2 Å². The molecule has 2 heterocycles. The lowest BCUT2D eigenvalue weighted by atomic mass is 10.1. The number of nitrogens with zero attached hydrogens (tertiary/aromatic N) is 6. The van der Waals surface area contributed by atoms with Crippen molar-refractivity contribution in [2.75, 3.05) is 25.0 Å². The van der Waals surface area contributed by atoms with Crippen molar-refractivity contribution in [2.24, 2.45) is 0 Å². The van der Waals surface area contributed by atoms with Crippen LogP contribution in [0.2, 0.25) is 0 Å². The Morgan fingerprint density at radius 3 is 2.52 bits per heavy atom. The summed E-state index contributed by atoms with van der Waals surface area (Å²) < 4.78 is 5.61. The fourth-order valence-electron chi connectivity index (χ4n) is 3.63. The number of rotatable bonds is 8. The molecule has 2 aromatic carbocycles. The third-order valence-corrected chi connectivity index (χ3v) is 5.39. The molecule has 4 rings (SSSR count). The minimum atomic E-state index is -0.0759. The third kappa shape index (κ3) is 5.81. The normalized spacial score (nSPS) is 13.8. The average molecular weight is 421 g/mol. The zero-order valence-electron chi connectivity index (χ0n) is 17.9. The van der Waals surface area contributed by atoms with Crippen LogP contribution in [0.1, 0.15) is 30.7 Å². The van der Waals surface area contributed by atoms with E-state index in [2.05, 4.69) is 44.6 Å². The maximum Gasteiger partial charge on any atom is 0.246 e. The number of benzene rings is 2. The molecule has 162 valence electrons. The Kier molecular flexibility index (Phi) is 6.76. The van der Waals surface area contributed by atoms with Crippen LogP contribution in [0, 0.1) is 0 Å². The molecular formula is C23H28N6O2. The molecule has 0 saturated carbocycles. The Morgan fingerprint density at radius 1 is 1.03 bits per heavy atom. The average Bonchev–Trinajstić information content (AvgIpc) is 3.26. The number of hydrogen-bond donors (Lipinski definition) is 0. The van der Waals surface area contributed by atoms with E-state index in [0.717, 1.165) is 24.4 Å². The van der Waals surface area contributed by atoms with Crippen LogP contribution in [0.25, 0.3) is 0 Å². The van der Waals surface area contributed by atoms with E-state index >= 15 is 0 Å². The molecule has 0 aliphatic carbocycles. The van der Waals surface area contributed by atoms with Crippen molar-refractivity contribution in [2.45, 2.75) is 39.0 Å². The summed E-state index contributed by atoms with van der Waals surface area (Å²) >= 11 is 0. The van der Waals surface area contributed by atoms with Gasteiger partial charge in [0.15, 0.2) is 6.61 Å². The van der Waals surface area contributed by atoms with Crippen LogP contribution in [0.15, 0.2) is 54.6 Å². The topological polar surface area (TPSA) is 76.4 Å². The predicted molar refractivity (Wildman–Crippen MR) is 118 cm³/mol. The van der Waals surface area contributed by atoms with E-state index in [1.54, 1.807) is 11.9 Å². The van der Waals surface area contributed by atoms with Gasteiger partial charge in [0.25, 0.3) is 0 Å². The van der Waals surface area contributed by atoms with Crippen molar-refractivity contribution < 1.29 is 9.53 Å². The molecule has 1 fully saturated rings. The standard InChI is InChI=1S/C23H28N6O2/c1-27(16-19-10-12-20(13-11-19)28-14-6-3-7-15-28)23(30)17-29-25-22(24-26-29)18-31-21-8-4-2-5-9-21/h2,4-5,8-13H,3,6-7,14-18H2,1H3. The molecule has 8 nitrogen and oxygen atoms in total. The molecule has 0 bridgehead atoms. The Morgan fingerprint density at radius 2 is 1.77 bits per heavy atom. The summed E-state index contributed by atoms with van der Waals surface area (Å²) in [6, 6.07) is 17.9. The Balaban J connectivity index is 1.26. The van der Waals surface area contributed by atoms with Gasteiger partial charge in [-0.2, -0.15) is 4.80 Å². The summed E-state index contributed by atoms with van der Waals surface area (Å²) in [6.07, 6.45) is 3.84. The van der Waals surface area contributed by atoms with Crippen LogP contribution in [-0.2, 0) is 24.5 Å². The van der Waals surface area contributed by atoms with Crippen molar-refractivity contribution in [3.63, 3.8) is 0 Å². The van der Waals surface area contributed by atoms with Gasteiger partial charge in [0.05, 0.1) is 0 Å². The molecule has 1 saturated heterocycles. The first-order valence-corrected chi connectivity index (χ1v) is 10.7. The number of likely N-dealkylation sites (N-methyl/N-ethyl adjacent to an activating group) is 1. The molecule has 31 heavy (non-hydrogen) atoms. The Bertz CT molecular complexity index is 967. The first-order chi connectivity index (χ1) is 15.2. The molecule has 1 aromatic heterocycles. The minimum Gasteiger partial charge on any atom is -0.485 e. The Labute approximate surface area is 182 Å². The van der Waals surface area contributed by atoms with Gasteiger partial charge in [-0.1, -0.05) is 30.3 Å². The van der Waals surface area contributed by atoms with Crippen LogP contribution in [0.4, 0.5) is 5.69 Å². The molecule has 1 amide bonds. The van der Waals surface area contributed by atoms with Gasteiger partial charge in [0, 0.05) is 32.4 Å². The molecule has 3 aromatic rings. The van der Waals surface area contributed by atoms with Gasteiger partial charge in [0.2, 0.25) is 11.7 Å². The molecule has 8 heteroatoms. The highest BCUT2D eigenvalue weighted by Crippen LogP contribution is 2.20. The fourth-order valence-corrected chi connectivity index (χ4v) is 3.63. The summed E-state index contributed by atoms with van der Waals surface area (Å²) in [5.74, 6) is 1.10. The molecule has 0 spiro atoms. The first-order valence-electron chi connectivity index (χ1n) is 10.7. The number of amides is 1. The molecule has 1 aliphatic rings. The van der Waals surface area contributed by atoms with Crippen molar-refractivity contribution in [3.8, 4) is 5.75 Å². The van der Waals surface area contributed by atoms with Crippen LogP contribution in [0.3, 0.4) is 0 Å². The summed E-state index contributed by atoms with van der Waals surface area (Å²) in [7, 11) is 1.79. The highest BCUT2D eigenvalue weighted by Gasteiger charge is 2.14. The van der Waals surface area contributed by atoms with Crippen LogP contribution in [0.5, 0.6) is 5.75 Å². The van der Waals surface area contributed by atoms with Crippen molar-refractivity contribution in [1.29, 1.82) is 0 Å². The highest BCUT2D eigenvalue weighted by molar-refractivity contribution is 5.75. The number of carbonyl (C=O) groups is 1. The maximum absolute atomic E-state index is 12.6. The highest BCUT2D eigenvalue weighted by atomic mass is 16.5. The summed E-state index contributed by atoms with van der Waals surface area (Å²) in [5, 5.41) is 12.2. The second kappa shape index (κ2) is 10.1. The van der Waals surface area contributed by atoms with E-state index in [1.807, 2.05) is 30.3 Å². The maximum atomic E-state index is 12.6. The van der Waals surface area contributed by atoms with Crippen LogP contribution < -0.4 is 9.64 Å². The van der Waals surface area contributed by atoms with Crippen molar-refractivity contribution in [1.82, 2.24) is 25.1 Å². The van der Waals surface area contributed by atoms with E-state index in [4.69, 9.17) is 4.74 Å². The SMILES string of the molecule is CN(Cc1ccc(N2CCCCC2)cc1)C(=O)Cn1nnc(COc2ccccc2)n1. The minimum absolute atomic E-state index is 0.0424. The molecular weight excluding hydrogens is 392 g/mol. The molecule has 0 atom stereocenters. The lowest BCUT2D eigenvalue weighted by molar-refractivity contribution is -0.131. The largest absolute Gasteiger partial charge is 0.485 e. The predicted octanol–water partition coefficient (Wildman–Crippen LogP) is 2.90. The number of piperidine rings is 1. The smallest absolute Gasteiger partial charge is 0.246 e. The Hall–Kier alpha value is -3.42.